The van der Waals surface area contributed by atoms with Gasteiger partial charge in [0.15, 0.2) is 0 Å². The molecule has 2 heterocycles. The fraction of sp³-hybridized carbons (Fsp3) is 0.800. The van der Waals surface area contributed by atoms with Crippen molar-refractivity contribution >= 4 is 0 Å². The van der Waals surface area contributed by atoms with E-state index in [0.717, 1.165) is 31.8 Å². The van der Waals surface area contributed by atoms with Crippen molar-refractivity contribution in [2.75, 3.05) is 6.61 Å². The fourth-order valence-corrected chi connectivity index (χ4v) is 1.89. The van der Waals surface area contributed by atoms with Gasteiger partial charge >= 0.3 is 0 Å². The van der Waals surface area contributed by atoms with Crippen molar-refractivity contribution in [3.8, 4) is 0 Å². The van der Waals surface area contributed by atoms with Crippen LogP contribution in [0.1, 0.15) is 25.6 Å². The predicted octanol–water partition coefficient (Wildman–Crippen LogP) is 0.472. The van der Waals surface area contributed by atoms with Crippen molar-refractivity contribution in [3.63, 3.8) is 0 Å². The molecule has 1 aliphatic heterocycles. The summed E-state index contributed by atoms with van der Waals surface area (Å²) in [6, 6.07) is 0.547. The fourth-order valence-electron chi connectivity index (χ4n) is 1.89. The minimum Gasteiger partial charge on any atom is -0.378 e. The first-order chi connectivity index (χ1) is 7.25. The lowest BCUT2D eigenvalue weighted by Crippen LogP contribution is -2.38. The topological polar surface area (TPSA) is 52.0 Å². The average Bonchev–Trinajstić information content (AvgIpc) is 2.61. The van der Waals surface area contributed by atoms with Crippen molar-refractivity contribution in [1.29, 1.82) is 0 Å². The van der Waals surface area contributed by atoms with Crippen LogP contribution in [0.4, 0.5) is 0 Å². The Morgan fingerprint density at radius 2 is 2.53 bits per heavy atom. The molecule has 0 aliphatic carbocycles. The highest BCUT2D eigenvalue weighted by Crippen LogP contribution is 2.13. The van der Waals surface area contributed by atoms with Gasteiger partial charge < -0.3 is 14.6 Å². The van der Waals surface area contributed by atoms with Crippen LogP contribution in [0.3, 0.4) is 0 Å². The third kappa shape index (κ3) is 2.76. The Hall–Kier alpha value is -0.940. The number of aromatic nitrogens is 3. The van der Waals surface area contributed by atoms with Gasteiger partial charge in [0.2, 0.25) is 0 Å². The zero-order chi connectivity index (χ0) is 10.7. The van der Waals surface area contributed by atoms with Crippen LogP contribution < -0.4 is 5.32 Å². The molecular weight excluding hydrogens is 192 g/mol. The molecule has 84 valence electrons. The highest BCUT2D eigenvalue weighted by Gasteiger charge is 2.18. The maximum absolute atomic E-state index is 5.50. The number of nitrogens with one attached hydrogen (secondary N) is 1. The molecule has 0 radical (unpaired) electrons. The molecule has 15 heavy (non-hydrogen) atoms. The number of ether oxygens (including phenoxy) is 1. The maximum Gasteiger partial charge on any atom is 0.146 e. The zero-order valence-corrected chi connectivity index (χ0v) is 9.31. The van der Waals surface area contributed by atoms with Crippen molar-refractivity contribution in [3.05, 3.63) is 12.2 Å². The van der Waals surface area contributed by atoms with Crippen LogP contribution in [0.2, 0.25) is 0 Å². The Balaban J connectivity index is 1.80. The summed E-state index contributed by atoms with van der Waals surface area (Å²) in [4.78, 5) is 0. The Morgan fingerprint density at radius 3 is 3.20 bits per heavy atom. The third-order valence-corrected chi connectivity index (χ3v) is 2.84. The van der Waals surface area contributed by atoms with Gasteiger partial charge in [-0.2, -0.15) is 0 Å². The largest absolute Gasteiger partial charge is 0.378 e. The van der Waals surface area contributed by atoms with E-state index in [-0.39, 0.29) is 0 Å². The molecule has 2 unspecified atom stereocenters. The number of aryl methyl sites for hydroxylation is 1. The van der Waals surface area contributed by atoms with Crippen LogP contribution >= 0.6 is 0 Å². The second-order valence-corrected chi connectivity index (χ2v) is 4.14. The van der Waals surface area contributed by atoms with Gasteiger partial charge in [0.05, 0.1) is 12.6 Å². The van der Waals surface area contributed by atoms with Crippen LogP contribution in [-0.2, 0) is 18.3 Å². The summed E-state index contributed by atoms with van der Waals surface area (Å²) in [6.07, 6.45) is 4.26. The van der Waals surface area contributed by atoms with E-state index >= 15 is 0 Å². The first-order valence-electron chi connectivity index (χ1n) is 5.43. The third-order valence-electron chi connectivity index (χ3n) is 2.84. The SMILES string of the molecule is CC1CC(NCc2nncn2C)CCO1. The molecule has 0 saturated carbocycles. The monoisotopic (exact) mass is 210 g/mol. The second-order valence-electron chi connectivity index (χ2n) is 4.14. The zero-order valence-electron chi connectivity index (χ0n) is 9.31. The summed E-state index contributed by atoms with van der Waals surface area (Å²) >= 11 is 0. The molecule has 0 amide bonds. The number of nitrogens with zero attached hydrogens (tertiary/aromatic N) is 3. The van der Waals surface area contributed by atoms with E-state index < -0.39 is 0 Å². The Bertz CT molecular complexity index is 312. The van der Waals surface area contributed by atoms with Crippen molar-refractivity contribution in [2.45, 2.75) is 38.5 Å². The molecule has 5 nitrogen and oxygen atoms in total. The van der Waals surface area contributed by atoms with Crippen molar-refractivity contribution in [2.24, 2.45) is 7.05 Å². The molecule has 2 atom stereocenters. The minimum absolute atomic E-state index is 0.371. The van der Waals surface area contributed by atoms with Gasteiger partial charge in [-0.1, -0.05) is 0 Å². The van der Waals surface area contributed by atoms with Crippen molar-refractivity contribution in [1.82, 2.24) is 20.1 Å². The second kappa shape index (κ2) is 4.72. The lowest BCUT2D eigenvalue weighted by molar-refractivity contribution is 0.0129. The number of hydrogen-bond acceptors (Lipinski definition) is 4. The molecule has 2 rings (SSSR count). The van der Waals surface area contributed by atoms with Crippen LogP contribution in [0.15, 0.2) is 6.33 Å². The maximum atomic E-state index is 5.50. The van der Waals surface area contributed by atoms with Gasteiger partial charge in [-0.25, -0.2) is 0 Å². The number of hydrogen-bond donors (Lipinski definition) is 1. The molecule has 1 aromatic heterocycles. The highest BCUT2D eigenvalue weighted by molar-refractivity contribution is 4.85. The smallest absolute Gasteiger partial charge is 0.146 e. The van der Waals surface area contributed by atoms with Crippen LogP contribution in [-0.4, -0.2) is 33.5 Å². The standard InChI is InChI=1S/C10H18N4O/c1-8-5-9(3-4-15-8)11-6-10-13-12-7-14(10)2/h7-9,11H,3-6H2,1-2H3. The van der Waals surface area contributed by atoms with E-state index in [2.05, 4.69) is 22.4 Å². The summed E-state index contributed by atoms with van der Waals surface area (Å²) in [5.74, 6) is 0.981. The van der Waals surface area contributed by atoms with E-state index in [9.17, 15) is 0 Å². The molecular formula is C10H18N4O. The molecule has 1 aliphatic rings. The Kier molecular flexibility index (Phi) is 3.33. The summed E-state index contributed by atoms with van der Waals surface area (Å²) < 4.78 is 7.44. The normalized spacial score (nSPS) is 26.8. The summed E-state index contributed by atoms with van der Waals surface area (Å²) in [5, 5.41) is 11.4. The van der Waals surface area contributed by atoms with Crippen LogP contribution in [0.5, 0.6) is 0 Å². The molecule has 0 bridgehead atoms. The van der Waals surface area contributed by atoms with Gasteiger partial charge in [0, 0.05) is 19.7 Å². The average molecular weight is 210 g/mol. The van der Waals surface area contributed by atoms with E-state index in [1.54, 1.807) is 6.33 Å². The van der Waals surface area contributed by atoms with Gasteiger partial charge in [-0.3, -0.25) is 0 Å². The molecule has 1 N–H and O–H groups in total. The van der Waals surface area contributed by atoms with E-state index in [0.29, 0.717) is 12.1 Å². The summed E-state index contributed by atoms with van der Waals surface area (Å²) in [5.41, 5.74) is 0. The lowest BCUT2D eigenvalue weighted by atomic mass is 10.0. The minimum atomic E-state index is 0.371. The molecule has 0 spiro atoms. The van der Waals surface area contributed by atoms with E-state index in [4.69, 9.17) is 4.74 Å². The molecule has 1 saturated heterocycles. The quantitative estimate of drug-likeness (QED) is 0.788. The number of rotatable bonds is 3. The first kappa shape index (κ1) is 10.6. The predicted molar refractivity (Wildman–Crippen MR) is 56.3 cm³/mol. The molecule has 1 fully saturated rings. The Morgan fingerprint density at radius 1 is 1.67 bits per heavy atom. The summed E-state index contributed by atoms with van der Waals surface area (Å²) in [6.45, 7) is 3.77. The lowest BCUT2D eigenvalue weighted by Gasteiger charge is -2.27. The van der Waals surface area contributed by atoms with E-state index in [1.165, 1.54) is 0 Å². The first-order valence-corrected chi connectivity index (χ1v) is 5.43. The molecule has 1 aromatic rings. The molecule has 5 heteroatoms. The summed E-state index contributed by atoms with van der Waals surface area (Å²) in [7, 11) is 1.96. The van der Waals surface area contributed by atoms with Crippen LogP contribution in [0, 0.1) is 0 Å². The van der Waals surface area contributed by atoms with Gasteiger partial charge in [-0.05, 0) is 19.8 Å². The van der Waals surface area contributed by atoms with Gasteiger partial charge in [0.1, 0.15) is 12.2 Å². The highest BCUT2D eigenvalue weighted by atomic mass is 16.5. The molecule has 0 aromatic carbocycles. The van der Waals surface area contributed by atoms with Crippen molar-refractivity contribution < 1.29 is 4.74 Å². The Labute approximate surface area is 89.8 Å². The van der Waals surface area contributed by atoms with E-state index in [1.807, 2.05) is 11.6 Å². The van der Waals surface area contributed by atoms with Gasteiger partial charge in [0.25, 0.3) is 0 Å². The van der Waals surface area contributed by atoms with Crippen LogP contribution in [0.25, 0.3) is 0 Å². The van der Waals surface area contributed by atoms with Gasteiger partial charge in [-0.15, -0.1) is 10.2 Å².